The number of likely N-dealkylation sites (tertiary alicyclic amines) is 1. The van der Waals surface area contributed by atoms with Crippen LogP contribution in [0.25, 0.3) is 0 Å². The summed E-state index contributed by atoms with van der Waals surface area (Å²) in [5.74, 6) is 0.0731. The average Bonchev–Trinajstić information content (AvgIpc) is 3.19. The second-order valence-corrected chi connectivity index (χ2v) is 6.13. The zero-order chi connectivity index (χ0) is 15.4. The summed E-state index contributed by atoms with van der Waals surface area (Å²) in [6.45, 7) is 2.29. The van der Waals surface area contributed by atoms with Crippen LogP contribution < -0.4 is 0 Å². The minimum Gasteiger partial charge on any atom is -0.376 e. The highest BCUT2D eigenvalue weighted by Crippen LogP contribution is 2.30. The number of hydrogen-bond donors (Lipinski definition) is 0. The first-order valence-corrected chi connectivity index (χ1v) is 8.22. The number of piperidine rings is 1. The van der Waals surface area contributed by atoms with Crippen molar-refractivity contribution in [1.82, 2.24) is 14.7 Å². The highest BCUT2D eigenvalue weighted by molar-refractivity contribution is 5.78. The van der Waals surface area contributed by atoms with E-state index in [1.165, 1.54) is 0 Å². The third kappa shape index (κ3) is 3.50. The zero-order valence-electron chi connectivity index (χ0n) is 13.2. The Kier molecular flexibility index (Phi) is 5.10. The molecule has 2 aliphatic heterocycles. The smallest absolute Gasteiger partial charge is 0.249 e. The molecule has 2 unspecified atom stereocenters. The molecule has 0 aromatic carbocycles. The lowest BCUT2D eigenvalue weighted by Crippen LogP contribution is -2.41. The van der Waals surface area contributed by atoms with Crippen molar-refractivity contribution in [2.24, 2.45) is 7.05 Å². The molecule has 6 heteroatoms. The van der Waals surface area contributed by atoms with Gasteiger partial charge in [0.15, 0.2) is 0 Å². The summed E-state index contributed by atoms with van der Waals surface area (Å²) in [7, 11) is 1.93. The SMILES string of the molecule is Cn1nccc1C1CCCCN1C(=O)COCC1CCCO1. The average molecular weight is 307 g/mol. The van der Waals surface area contributed by atoms with Crippen LogP contribution in [0.2, 0.25) is 0 Å². The number of carbonyl (C=O) groups excluding carboxylic acids is 1. The second-order valence-electron chi connectivity index (χ2n) is 6.13. The first-order valence-electron chi connectivity index (χ1n) is 8.22. The summed E-state index contributed by atoms with van der Waals surface area (Å²) in [6, 6.07) is 2.13. The molecule has 22 heavy (non-hydrogen) atoms. The molecule has 0 spiro atoms. The maximum atomic E-state index is 12.5. The molecule has 3 heterocycles. The Labute approximate surface area is 131 Å². The fraction of sp³-hybridized carbons (Fsp3) is 0.750. The lowest BCUT2D eigenvalue weighted by atomic mass is 9.99. The van der Waals surface area contributed by atoms with Crippen molar-refractivity contribution < 1.29 is 14.3 Å². The number of rotatable bonds is 5. The van der Waals surface area contributed by atoms with Crippen LogP contribution in [-0.4, -0.2) is 53.1 Å². The van der Waals surface area contributed by atoms with Crippen LogP contribution in [0, 0.1) is 0 Å². The molecule has 3 rings (SSSR count). The molecule has 0 N–H and O–H groups in total. The number of amides is 1. The molecule has 6 nitrogen and oxygen atoms in total. The van der Waals surface area contributed by atoms with E-state index in [9.17, 15) is 4.79 Å². The van der Waals surface area contributed by atoms with Gasteiger partial charge in [0.05, 0.1) is 24.4 Å². The lowest BCUT2D eigenvalue weighted by Gasteiger charge is -2.35. The van der Waals surface area contributed by atoms with Crippen molar-refractivity contribution in [1.29, 1.82) is 0 Å². The minimum absolute atomic E-state index is 0.0731. The number of aryl methyl sites for hydroxylation is 1. The Morgan fingerprint density at radius 2 is 2.32 bits per heavy atom. The number of carbonyl (C=O) groups is 1. The molecular formula is C16H25N3O3. The molecule has 0 radical (unpaired) electrons. The number of ether oxygens (including phenoxy) is 2. The van der Waals surface area contributed by atoms with Gasteiger partial charge in [-0.2, -0.15) is 5.10 Å². The maximum absolute atomic E-state index is 12.5. The highest BCUT2D eigenvalue weighted by atomic mass is 16.5. The largest absolute Gasteiger partial charge is 0.376 e. The van der Waals surface area contributed by atoms with Crippen molar-refractivity contribution in [3.05, 3.63) is 18.0 Å². The van der Waals surface area contributed by atoms with Crippen LogP contribution >= 0.6 is 0 Å². The molecule has 2 saturated heterocycles. The first-order chi connectivity index (χ1) is 10.8. The van der Waals surface area contributed by atoms with Gasteiger partial charge in [0.2, 0.25) is 5.91 Å². The summed E-state index contributed by atoms with van der Waals surface area (Å²) >= 11 is 0. The predicted molar refractivity (Wildman–Crippen MR) is 81.3 cm³/mol. The summed E-state index contributed by atoms with van der Waals surface area (Å²) in [5, 5.41) is 4.23. The van der Waals surface area contributed by atoms with E-state index in [2.05, 4.69) is 5.10 Å². The second kappa shape index (κ2) is 7.24. The third-order valence-electron chi connectivity index (χ3n) is 4.58. The van der Waals surface area contributed by atoms with Crippen molar-refractivity contribution >= 4 is 5.91 Å². The first kappa shape index (κ1) is 15.5. The van der Waals surface area contributed by atoms with Crippen LogP contribution in [0.3, 0.4) is 0 Å². The number of nitrogens with zero attached hydrogens (tertiary/aromatic N) is 3. The van der Waals surface area contributed by atoms with Crippen molar-refractivity contribution in [3.8, 4) is 0 Å². The highest BCUT2D eigenvalue weighted by Gasteiger charge is 2.29. The quantitative estimate of drug-likeness (QED) is 0.830. The normalized spacial score (nSPS) is 25.6. The molecule has 0 aliphatic carbocycles. The van der Waals surface area contributed by atoms with E-state index in [-0.39, 0.29) is 24.7 Å². The molecule has 2 aliphatic rings. The van der Waals surface area contributed by atoms with Crippen molar-refractivity contribution in [2.45, 2.75) is 44.2 Å². The Morgan fingerprint density at radius 1 is 1.41 bits per heavy atom. The molecular weight excluding hydrogens is 282 g/mol. The van der Waals surface area contributed by atoms with E-state index in [0.717, 1.165) is 50.9 Å². The molecule has 122 valence electrons. The van der Waals surface area contributed by atoms with Gasteiger partial charge in [-0.05, 0) is 38.2 Å². The van der Waals surface area contributed by atoms with E-state index in [0.29, 0.717) is 6.61 Å². The zero-order valence-corrected chi connectivity index (χ0v) is 13.2. The Morgan fingerprint density at radius 3 is 3.05 bits per heavy atom. The van der Waals surface area contributed by atoms with Gasteiger partial charge in [0, 0.05) is 26.4 Å². The van der Waals surface area contributed by atoms with Crippen LogP contribution in [0.4, 0.5) is 0 Å². The molecule has 0 saturated carbocycles. The van der Waals surface area contributed by atoms with E-state index in [4.69, 9.17) is 9.47 Å². The molecule has 1 amide bonds. The van der Waals surface area contributed by atoms with Gasteiger partial charge in [0.1, 0.15) is 6.61 Å². The van der Waals surface area contributed by atoms with E-state index >= 15 is 0 Å². The van der Waals surface area contributed by atoms with Crippen molar-refractivity contribution in [2.75, 3.05) is 26.4 Å². The standard InChI is InChI=1S/C16H25N3O3/c1-18-14(7-8-17-18)15-6-2-3-9-19(15)16(20)12-21-11-13-5-4-10-22-13/h7-8,13,15H,2-6,9-12H2,1H3. The maximum Gasteiger partial charge on any atom is 0.249 e. The van der Waals surface area contributed by atoms with Gasteiger partial charge in [-0.3, -0.25) is 9.48 Å². The number of hydrogen-bond acceptors (Lipinski definition) is 4. The predicted octanol–water partition coefficient (Wildman–Crippen LogP) is 1.67. The summed E-state index contributed by atoms with van der Waals surface area (Å²) < 4.78 is 13.0. The van der Waals surface area contributed by atoms with Gasteiger partial charge in [-0.15, -0.1) is 0 Å². The van der Waals surface area contributed by atoms with E-state index in [1.807, 2.05) is 22.7 Å². The van der Waals surface area contributed by atoms with Crippen molar-refractivity contribution in [3.63, 3.8) is 0 Å². The van der Waals surface area contributed by atoms with Gasteiger partial charge in [-0.1, -0.05) is 0 Å². The molecule has 1 aromatic rings. The Balaban J connectivity index is 1.55. The molecule has 0 bridgehead atoms. The fourth-order valence-corrected chi connectivity index (χ4v) is 3.38. The monoisotopic (exact) mass is 307 g/mol. The van der Waals surface area contributed by atoms with Gasteiger partial charge >= 0.3 is 0 Å². The molecule has 2 atom stereocenters. The summed E-state index contributed by atoms with van der Waals surface area (Å²) in [5.41, 5.74) is 1.10. The van der Waals surface area contributed by atoms with Crippen LogP contribution in [0.15, 0.2) is 12.3 Å². The summed E-state index contributed by atoms with van der Waals surface area (Å²) in [4.78, 5) is 14.5. The summed E-state index contributed by atoms with van der Waals surface area (Å²) in [6.07, 6.45) is 7.30. The van der Waals surface area contributed by atoms with Crippen LogP contribution in [0.1, 0.15) is 43.8 Å². The third-order valence-corrected chi connectivity index (χ3v) is 4.58. The minimum atomic E-state index is 0.0731. The number of aromatic nitrogens is 2. The van der Waals surface area contributed by atoms with Gasteiger partial charge in [0.25, 0.3) is 0 Å². The Bertz CT molecular complexity index is 497. The van der Waals surface area contributed by atoms with E-state index < -0.39 is 0 Å². The molecule has 1 aromatic heterocycles. The topological polar surface area (TPSA) is 56.6 Å². The van der Waals surface area contributed by atoms with E-state index in [1.54, 1.807) is 6.20 Å². The van der Waals surface area contributed by atoms with Crippen LogP contribution in [-0.2, 0) is 21.3 Å². The fourth-order valence-electron chi connectivity index (χ4n) is 3.38. The Hall–Kier alpha value is -1.40. The van der Waals surface area contributed by atoms with Gasteiger partial charge in [-0.25, -0.2) is 0 Å². The lowest BCUT2D eigenvalue weighted by molar-refractivity contribution is -0.141. The van der Waals surface area contributed by atoms with Crippen LogP contribution in [0.5, 0.6) is 0 Å². The molecule has 2 fully saturated rings. The van der Waals surface area contributed by atoms with Gasteiger partial charge < -0.3 is 14.4 Å².